The van der Waals surface area contributed by atoms with Crippen LogP contribution in [0.15, 0.2) is 36.5 Å². The first-order chi connectivity index (χ1) is 6.16. The third-order valence-electron chi connectivity index (χ3n) is 1.01. The average Bonchev–Trinajstić information content (AvgIpc) is 2.10. The van der Waals surface area contributed by atoms with Crippen molar-refractivity contribution in [3.05, 3.63) is 36.5 Å². The van der Waals surface area contributed by atoms with Crippen LogP contribution in [0.25, 0.3) is 0 Å². The molecule has 0 bridgehead atoms. The summed E-state index contributed by atoms with van der Waals surface area (Å²) in [6, 6.07) is 0. The molecule has 1 N–H and O–H groups in total. The zero-order chi connectivity index (χ0) is 10.1. The van der Waals surface area contributed by atoms with E-state index in [2.05, 4.69) is 4.74 Å². The Morgan fingerprint density at radius 3 is 2.08 bits per heavy atom. The number of allylic oxidation sites excluding steroid dienone is 4. The smallest absolute Gasteiger partial charge is 0.330 e. The van der Waals surface area contributed by atoms with Crippen LogP contribution in [0.4, 0.5) is 0 Å². The van der Waals surface area contributed by atoms with Gasteiger partial charge in [0.2, 0.25) is 0 Å². The number of hydrogen-bond donors (Lipinski definition) is 1. The first-order valence-electron chi connectivity index (χ1n) is 3.49. The average molecular weight is 182 g/mol. The Morgan fingerprint density at radius 2 is 1.62 bits per heavy atom. The molecule has 0 rings (SSSR count). The van der Waals surface area contributed by atoms with E-state index in [1.807, 2.05) is 0 Å². The van der Waals surface area contributed by atoms with Crippen LogP contribution in [0, 0.1) is 0 Å². The monoisotopic (exact) mass is 182 g/mol. The van der Waals surface area contributed by atoms with Crippen LogP contribution in [0.3, 0.4) is 0 Å². The van der Waals surface area contributed by atoms with Gasteiger partial charge in [0.15, 0.2) is 0 Å². The number of hydrogen-bond acceptors (Lipinski definition) is 3. The molecule has 0 fully saturated rings. The fourth-order valence-electron chi connectivity index (χ4n) is 0.468. The molecule has 4 nitrogen and oxygen atoms in total. The van der Waals surface area contributed by atoms with E-state index in [1.165, 1.54) is 37.5 Å². The minimum Gasteiger partial charge on any atom is -0.478 e. The fourth-order valence-corrected chi connectivity index (χ4v) is 0.468. The lowest BCUT2D eigenvalue weighted by molar-refractivity contribution is -0.135. The van der Waals surface area contributed by atoms with Crippen molar-refractivity contribution in [2.45, 2.75) is 0 Å². The van der Waals surface area contributed by atoms with Gasteiger partial charge in [0.25, 0.3) is 0 Å². The van der Waals surface area contributed by atoms with Gasteiger partial charge in [0, 0.05) is 12.2 Å². The Labute approximate surface area is 75.8 Å². The van der Waals surface area contributed by atoms with Gasteiger partial charge in [-0.1, -0.05) is 24.3 Å². The van der Waals surface area contributed by atoms with Crippen molar-refractivity contribution < 1.29 is 19.4 Å². The Kier molecular flexibility index (Phi) is 5.88. The summed E-state index contributed by atoms with van der Waals surface area (Å²) < 4.78 is 4.32. The Balaban J connectivity index is 3.82. The quantitative estimate of drug-likeness (QED) is 0.399. The van der Waals surface area contributed by atoms with E-state index in [0.717, 1.165) is 6.08 Å². The Morgan fingerprint density at radius 1 is 1.08 bits per heavy atom. The Bertz CT molecular complexity index is 261. The lowest BCUT2D eigenvalue weighted by Crippen LogP contribution is -1.92. The predicted octanol–water partition coefficient (Wildman–Crippen LogP) is 0.913. The second-order valence-corrected chi connectivity index (χ2v) is 1.96. The minimum absolute atomic E-state index is 0.452. The molecule has 13 heavy (non-hydrogen) atoms. The molecule has 0 heterocycles. The number of carbonyl (C=O) groups excluding carboxylic acids is 1. The third kappa shape index (κ3) is 8.06. The van der Waals surface area contributed by atoms with Crippen LogP contribution >= 0.6 is 0 Å². The lowest BCUT2D eigenvalue weighted by Gasteiger charge is -1.85. The van der Waals surface area contributed by atoms with Gasteiger partial charge in [-0.15, -0.1) is 0 Å². The van der Waals surface area contributed by atoms with E-state index in [-0.39, 0.29) is 0 Å². The van der Waals surface area contributed by atoms with Crippen molar-refractivity contribution in [1.29, 1.82) is 0 Å². The van der Waals surface area contributed by atoms with E-state index < -0.39 is 11.9 Å². The van der Waals surface area contributed by atoms with Crippen LogP contribution in [0.1, 0.15) is 0 Å². The van der Waals surface area contributed by atoms with E-state index in [4.69, 9.17) is 5.11 Å². The molecule has 0 aliphatic heterocycles. The molecular formula is C9H10O4. The van der Waals surface area contributed by atoms with Crippen molar-refractivity contribution in [2.24, 2.45) is 0 Å². The maximum absolute atomic E-state index is 10.5. The highest BCUT2D eigenvalue weighted by Gasteiger charge is 1.86. The first kappa shape index (κ1) is 11.2. The summed E-state index contributed by atoms with van der Waals surface area (Å²) in [5.41, 5.74) is 0. The zero-order valence-electron chi connectivity index (χ0n) is 7.14. The van der Waals surface area contributed by atoms with Crippen molar-refractivity contribution in [3.8, 4) is 0 Å². The minimum atomic E-state index is -1.01. The van der Waals surface area contributed by atoms with Crippen molar-refractivity contribution >= 4 is 11.9 Å². The van der Waals surface area contributed by atoms with E-state index in [9.17, 15) is 9.59 Å². The maximum Gasteiger partial charge on any atom is 0.330 e. The number of ether oxygens (including phenoxy) is 1. The van der Waals surface area contributed by atoms with Gasteiger partial charge in [0.05, 0.1) is 7.11 Å². The number of rotatable bonds is 4. The summed E-state index contributed by atoms with van der Waals surface area (Å²) >= 11 is 0. The topological polar surface area (TPSA) is 63.6 Å². The third-order valence-corrected chi connectivity index (χ3v) is 1.01. The molecule has 0 spiro atoms. The van der Waals surface area contributed by atoms with Gasteiger partial charge in [-0.25, -0.2) is 9.59 Å². The molecule has 0 aliphatic carbocycles. The van der Waals surface area contributed by atoms with Gasteiger partial charge in [-0.2, -0.15) is 0 Å². The summed E-state index contributed by atoms with van der Waals surface area (Å²) in [4.78, 5) is 20.5. The summed E-state index contributed by atoms with van der Waals surface area (Å²) in [5, 5.41) is 8.18. The molecule has 0 atom stereocenters. The lowest BCUT2D eigenvalue weighted by atomic mass is 10.4. The number of esters is 1. The maximum atomic E-state index is 10.5. The first-order valence-corrected chi connectivity index (χ1v) is 3.49. The van der Waals surface area contributed by atoms with E-state index in [1.54, 1.807) is 0 Å². The molecule has 0 saturated heterocycles. The fraction of sp³-hybridized carbons (Fsp3) is 0.111. The van der Waals surface area contributed by atoms with E-state index in [0.29, 0.717) is 0 Å². The normalized spacial score (nSPS) is 11.5. The second kappa shape index (κ2) is 6.84. The Hall–Kier alpha value is -1.84. The molecule has 0 saturated carbocycles. The molecule has 0 aromatic carbocycles. The number of aliphatic carboxylic acids is 1. The molecule has 0 aliphatic rings. The van der Waals surface area contributed by atoms with Crippen LogP contribution in [-0.2, 0) is 14.3 Å². The van der Waals surface area contributed by atoms with Gasteiger partial charge in [-0.05, 0) is 0 Å². The number of carbonyl (C=O) groups is 2. The summed E-state index contributed by atoms with van der Waals surface area (Å²) in [6.45, 7) is 0. The van der Waals surface area contributed by atoms with Crippen molar-refractivity contribution in [3.63, 3.8) is 0 Å². The van der Waals surface area contributed by atoms with Crippen LogP contribution in [0.2, 0.25) is 0 Å². The molecular weight excluding hydrogens is 172 g/mol. The van der Waals surface area contributed by atoms with Gasteiger partial charge < -0.3 is 9.84 Å². The van der Waals surface area contributed by atoms with Crippen molar-refractivity contribution in [1.82, 2.24) is 0 Å². The molecule has 4 heteroatoms. The largest absolute Gasteiger partial charge is 0.478 e. The SMILES string of the molecule is COC(=O)\C=C/C=C/C=C/C(=O)O. The highest BCUT2D eigenvalue weighted by Crippen LogP contribution is 1.82. The van der Waals surface area contributed by atoms with Crippen LogP contribution < -0.4 is 0 Å². The van der Waals surface area contributed by atoms with Crippen LogP contribution in [-0.4, -0.2) is 24.2 Å². The molecule has 70 valence electrons. The number of carboxylic acid groups (broad SMARTS) is 1. The highest BCUT2D eigenvalue weighted by molar-refractivity contribution is 5.82. The molecule has 0 aromatic rings. The predicted molar refractivity (Wildman–Crippen MR) is 47.1 cm³/mol. The summed E-state index contributed by atoms with van der Waals surface area (Å²) in [7, 11) is 1.28. The standard InChI is InChI=1S/C9H10O4/c1-13-9(12)7-5-3-2-4-6-8(10)11/h2-7H,1H3,(H,10,11)/b3-2+,6-4+,7-5-. The molecule has 0 radical (unpaired) electrons. The number of methoxy groups -OCH3 is 1. The highest BCUT2D eigenvalue weighted by atomic mass is 16.5. The number of carboxylic acids is 1. The van der Waals surface area contributed by atoms with E-state index >= 15 is 0 Å². The van der Waals surface area contributed by atoms with Gasteiger partial charge in [-0.3, -0.25) is 0 Å². The molecule has 0 amide bonds. The summed E-state index contributed by atoms with van der Waals surface area (Å²) in [6.07, 6.45) is 8.04. The van der Waals surface area contributed by atoms with Crippen molar-refractivity contribution in [2.75, 3.05) is 7.11 Å². The zero-order valence-corrected chi connectivity index (χ0v) is 7.14. The van der Waals surface area contributed by atoms with Gasteiger partial charge >= 0.3 is 11.9 Å². The molecule has 0 unspecified atom stereocenters. The van der Waals surface area contributed by atoms with Gasteiger partial charge in [0.1, 0.15) is 0 Å². The van der Waals surface area contributed by atoms with Crippen LogP contribution in [0.5, 0.6) is 0 Å². The summed E-state index contributed by atoms with van der Waals surface area (Å²) in [5.74, 6) is -1.46. The second-order valence-electron chi connectivity index (χ2n) is 1.96. The molecule has 0 aromatic heterocycles.